The summed E-state index contributed by atoms with van der Waals surface area (Å²) < 4.78 is 3.58. The van der Waals surface area contributed by atoms with Gasteiger partial charge in [-0.25, -0.2) is 19.9 Å². The van der Waals surface area contributed by atoms with Gasteiger partial charge in [-0.3, -0.25) is 0 Å². The van der Waals surface area contributed by atoms with Crippen LogP contribution in [0.3, 0.4) is 0 Å². The quantitative estimate of drug-likeness (QED) is 0.171. The highest BCUT2D eigenvalue weighted by molar-refractivity contribution is 7.21. The first-order chi connectivity index (χ1) is 27.8. The number of hydrogen-bond acceptors (Lipinski definition) is 5. The minimum Gasteiger partial charge on any atom is -0.309 e. The van der Waals surface area contributed by atoms with Crippen LogP contribution >= 0.6 is 11.3 Å². The Kier molecular flexibility index (Phi) is 7.60. The lowest BCUT2D eigenvalue weighted by atomic mass is 9.94. The van der Waals surface area contributed by atoms with E-state index in [4.69, 9.17) is 19.9 Å². The lowest BCUT2D eigenvalue weighted by molar-refractivity contribution is 1.08. The molecule has 0 aliphatic rings. The van der Waals surface area contributed by atoms with Crippen LogP contribution in [0.2, 0.25) is 0 Å². The van der Waals surface area contributed by atoms with Crippen molar-refractivity contribution >= 4 is 54.1 Å². The first kappa shape index (κ1) is 32.2. The Bertz CT molecular complexity index is 3150. The maximum Gasteiger partial charge on any atom is 0.164 e. The first-order valence-electron chi connectivity index (χ1n) is 18.6. The molecule has 5 nitrogen and oxygen atoms in total. The van der Waals surface area contributed by atoms with Gasteiger partial charge in [-0.2, -0.15) is 0 Å². The zero-order valence-corrected chi connectivity index (χ0v) is 30.9. The average Bonchev–Trinajstić information content (AvgIpc) is 3.86. The lowest BCUT2D eigenvalue weighted by Crippen LogP contribution is -2.00. The normalized spacial score (nSPS) is 11.6. The van der Waals surface area contributed by atoms with Crippen molar-refractivity contribution in [1.82, 2.24) is 24.5 Å². The molecule has 3 heterocycles. The van der Waals surface area contributed by atoms with E-state index >= 15 is 0 Å². The van der Waals surface area contributed by atoms with Crippen LogP contribution in [-0.2, 0) is 0 Å². The smallest absolute Gasteiger partial charge is 0.164 e. The second kappa shape index (κ2) is 13.2. The molecule has 0 aliphatic carbocycles. The molecule has 0 bridgehead atoms. The highest BCUT2D eigenvalue weighted by Gasteiger charge is 2.20. The third-order valence-electron chi connectivity index (χ3n) is 10.5. The van der Waals surface area contributed by atoms with Gasteiger partial charge in [0.2, 0.25) is 0 Å². The van der Waals surface area contributed by atoms with Crippen LogP contribution in [0.25, 0.3) is 104 Å². The maximum atomic E-state index is 5.08. The molecule has 262 valence electrons. The summed E-state index contributed by atoms with van der Waals surface area (Å²) in [6.07, 6.45) is 0. The summed E-state index contributed by atoms with van der Waals surface area (Å²) in [5, 5.41) is 5.68. The molecule has 8 aromatic carbocycles. The van der Waals surface area contributed by atoms with E-state index in [1.54, 1.807) is 11.3 Å². The number of para-hydroxylation sites is 3. The molecule has 0 saturated heterocycles. The van der Waals surface area contributed by atoms with Crippen LogP contribution in [0.1, 0.15) is 0 Å². The van der Waals surface area contributed by atoms with Gasteiger partial charge in [0, 0.05) is 38.7 Å². The van der Waals surface area contributed by atoms with E-state index in [1.165, 1.54) is 21.0 Å². The monoisotopic (exact) mass is 733 g/mol. The molecule has 0 fully saturated rings. The second-order valence-electron chi connectivity index (χ2n) is 13.8. The van der Waals surface area contributed by atoms with E-state index in [0.717, 1.165) is 65.9 Å². The zero-order valence-electron chi connectivity index (χ0n) is 30.0. The van der Waals surface area contributed by atoms with Gasteiger partial charge in [-0.15, -0.1) is 11.3 Å². The predicted molar refractivity (Wildman–Crippen MR) is 232 cm³/mol. The van der Waals surface area contributed by atoms with Crippen LogP contribution in [0.15, 0.2) is 188 Å². The maximum absolute atomic E-state index is 5.08. The van der Waals surface area contributed by atoms with Crippen molar-refractivity contribution in [2.75, 3.05) is 0 Å². The molecule has 56 heavy (non-hydrogen) atoms. The van der Waals surface area contributed by atoms with E-state index in [-0.39, 0.29) is 0 Å². The average molecular weight is 734 g/mol. The predicted octanol–water partition coefficient (Wildman–Crippen LogP) is 13.1. The van der Waals surface area contributed by atoms with Crippen molar-refractivity contribution in [2.45, 2.75) is 0 Å². The highest BCUT2D eigenvalue weighted by Crippen LogP contribution is 2.41. The Hall–Kier alpha value is -7.28. The van der Waals surface area contributed by atoms with Crippen molar-refractivity contribution in [3.8, 4) is 61.5 Å². The Morgan fingerprint density at radius 3 is 1.64 bits per heavy atom. The SMILES string of the molecule is c1ccc(-c2nc(-c3ccccc3)nc(-c3ccc(-c4ccc(-n5c6ccccc6c6cccc(-c7nc8ccccc8s7)c65)cc4)c4ccccc34)n2)cc1. The fourth-order valence-electron chi connectivity index (χ4n) is 7.91. The van der Waals surface area contributed by atoms with Crippen molar-refractivity contribution < 1.29 is 0 Å². The molecule has 11 rings (SSSR count). The first-order valence-corrected chi connectivity index (χ1v) is 19.5. The second-order valence-corrected chi connectivity index (χ2v) is 14.9. The molecule has 0 atom stereocenters. The molecular weight excluding hydrogens is 703 g/mol. The molecule has 0 saturated carbocycles. The van der Waals surface area contributed by atoms with Gasteiger partial charge >= 0.3 is 0 Å². The molecule has 0 unspecified atom stereocenters. The van der Waals surface area contributed by atoms with E-state index in [2.05, 4.69) is 132 Å². The number of hydrogen-bond donors (Lipinski definition) is 0. The van der Waals surface area contributed by atoms with Gasteiger partial charge in [-0.1, -0.05) is 146 Å². The van der Waals surface area contributed by atoms with Crippen LogP contribution in [-0.4, -0.2) is 24.5 Å². The number of aromatic nitrogens is 5. The fourth-order valence-corrected chi connectivity index (χ4v) is 8.90. The summed E-state index contributed by atoms with van der Waals surface area (Å²) in [5.41, 5.74) is 10.7. The van der Waals surface area contributed by atoms with E-state index in [1.807, 2.05) is 60.7 Å². The molecule has 11 aromatic rings. The largest absolute Gasteiger partial charge is 0.309 e. The Balaban J connectivity index is 1.04. The summed E-state index contributed by atoms with van der Waals surface area (Å²) >= 11 is 1.74. The number of benzene rings is 8. The van der Waals surface area contributed by atoms with Crippen molar-refractivity contribution in [3.05, 3.63) is 188 Å². The molecule has 0 spiro atoms. The summed E-state index contributed by atoms with van der Waals surface area (Å²) in [7, 11) is 0. The van der Waals surface area contributed by atoms with Gasteiger partial charge in [0.25, 0.3) is 0 Å². The Morgan fingerprint density at radius 1 is 0.357 bits per heavy atom. The standard InChI is InChI=1S/C50H31N5S/c1-3-14-33(15-4-1)47-52-48(34-16-5-2-6-17-34)54-49(53-47)41-31-30-36(37-18-7-8-19-38(37)41)32-26-28-35(29-27-32)55-44-24-11-9-20-39(44)40-21-13-22-42(46(40)55)50-51-43-23-10-12-25-45(43)56-50/h1-31H. The Morgan fingerprint density at radius 2 is 0.929 bits per heavy atom. The summed E-state index contributed by atoms with van der Waals surface area (Å²) in [5.74, 6) is 1.94. The fraction of sp³-hybridized carbons (Fsp3) is 0. The number of rotatable bonds is 6. The summed E-state index contributed by atoms with van der Waals surface area (Å²) in [6.45, 7) is 0. The molecule has 0 radical (unpaired) electrons. The van der Waals surface area contributed by atoms with Gasteiger partial charge in [0.1, 0.15) is 5.01 Å². The minimum atomic E-state index is 0.645. The molecule has 0 amide bonds. The van der Waals surface area contributed by atoms with Crippen molar-refractivity contribution in [3.63, 3.8) is 0 Å². The molecular formula is C50H31N5S. The topological polar surface area (TPSA) is 56.5 Å². The van der Waals surface area contributed by atoms with Crippen molar-refractivity contribution in [1.29, 1.82) is 0 Å². The Labute approximate surface area is 326 Å². The van der Waals surface area contributed by atoms with E-state index in [0.29, 0.717) is 17.5 Å². The van der Waals surface area contributed by atoms with Crippen molar-refractivity contribution in [2.24, 2.45) is 0 Å². The third kappa shape index (κ3) is 5.38. The molecule has 0 aliphatic heterocycles. The lowest BCUT2D eigenvalue weighted by Gasteiger charge is -2.14. The van der Waals surface area contributed by atoms with Crippen LogP contribution in [0.4, 0.5) is 0 Å². The number of fused-ring (bicyclic) bond motifs is 5. The molecule has 0 N–H and O–H groups in total. The van der Waals surface area contributed by atoms with E-state index in [9.17, 15) is 0 Å². The van der Waals surface area contributed by atoms with Gasteiger partial charge in [0.15, 0.2) is 17.5 Å². The van der Waals surface area contributed by atoms with Crippen LogP contribution in [0, 0.1) is 0 Å². The summed E-state index contributed by atoms with van der Waals surface area (Å²) in [6, 6.07) is 65.7. The summed E-state index contributed by atoms with van der Waals surface area (Å²) in [4.78, 5) is 20.1. The number of thiazole rings is 1. The van der Waals surface area contributed by atoms with Gasteiger partial charge in [0.05, 0.1) is 21.3 Å². The molecule has 3 aromatic heterocycles. The zero-order chi connectivity index (χ0) is 37.0. The van der Waals surface area contributed by atoms with Gasteiger partial charge < -0.3 is 4.57 Å². The highest BCUT2D eigenvalue weighted by atomic mass is 32.1. The molecule has 6 heteroatoms. The van der Waals surface area contributed by atoms with E-state index < -0.39 is 0 Å². The van der Waals surface area contributed by atoms with Gasteiger partial charge in [-0.05, 0) is 64.4 Å². The van der Waals surface area contributed by atoms with Crippen LogP contribution in [0.5, 0.6) is 0 Å². The number of nitrogens with zero attached hydrogens (tertiary/aromatic N) is 5. The third-order valence-corrected chi connectivity index (χ3v) is 11.6. The van der Waals surface area contributed by atoms with Crippen LogP contribution < -0.4 is 0 Å². The minimum absolute atomic E-state index is 0.645.